The van der Waals surface area contributed by atoms with E-state index in [-0.39, 0.29) is 69.1 Å². The standard InChI is InChI=1S/C19H23N3O3.C19H21N3O2.C13H17NO4.C11H15N3.C7H6N4O.C6H8N2.C6H12O2.C5H9NO.C4H8O/c1-22(19(24)25-14-15-8-3-2-4-9-15)13-7-12-18(23)21-17-11-6-5-10-16(17)20;1-22(19(23)24-14-15-8-3-2-4-9-15)13-7-12-18-20-16-10-5-6-11-17(16)21-18;1-14(9-5-8-12(15)16)13(17)18-10-11-6-3-2-4-7-11;1-12-8-4-7-11-13-9-5-2-3-6-10(9)14-11;12-7(10-3-1-8-5-10)11-4-2-9-6-11;7-5-3-1-2-4-6(5)8;1-2-3-4-5-6(7)8;1-6-4-2-3-5(6)7;1-2-4-5-3-1/h2-6,8-11H,7,12-14,20H2,1H3,(H,21,23);2-6,8-11H,7,12-14H2,1H3,(H,20,21);2-4,6-7H,5,8-10H2,1H3,(H,15,16);2-3,5-6,12H,4,7-8H2,1H3,(H,13,14);1-6H;1-4H,7-8H2;2-5H2,1H3,(H,7,8);2-4H2,1H3;1-4H2/i7D2,12D2,13D2;1D3,7D2,12D2,13D2;5D2,8D2,9D2;4D2,7D2,8D2;;;3D2,4D2,5D2;1D3,2D2,3D2,4D2;. The largest absolute Gasteiger partial charge is 0.481 e. The Morgan fingerprint density at radius 1 is 0.554 bits per heavy atom. The van der Waals surface area contributed by atoms with Crippen molar-refractivity contribution in [2.45, 2.75) is 129 Å². The van der Waals surface area contributed by atoms with Crippen molar-refractivity contribution in [3.63, 3.8) is 0 Å². The number of carbonyl (C=O) groups is 8. The highest BCUT2D eigenvalue weighted by Crippen LogP contribution is 2.19. The Bertz CT molecular complexity index is 6650. The molecule has 2 saturated heterocycles. The van der Waals surface area contributed by atoms with E-state index in [0.29, 0.717) is 50.1 Å². The highest BCUT2D eigenvalue weighted by Gasteiger charge is 2.17. The fourth-order valence-corrected chi connectivity index (χ4v) is 8.30. The predicted molar refractivity (Wildman–Crippen MR) is 471 cm³/mol. The van der Waals surface area contributed by atoms with Crippen molar-refractivity contribution < 1.29 is 125 Å². The number of para-hydroxylation sites is 8. The third-order valence-corrected chi connectivity index (χ3v) is 14.1. The minimum atomic E-state index is -3.67. The first-order valence-electron chi connectivity index (χ1n) is 56.6. The second kappa shape index (κ2) is 58.4. The molecule has 0 unspecified atom stereocenters. The first-order valence-corrected chi connectivity index (χ1v) is 35.6. The fourth-order valence-electron chi connectivity index (χ4n) is 8.30. The Hall–Kier alpha value is -13.4. The van der Waals surface area contributed by atoms with Gasteiger partial charge in [0.1, 0.15) is 44.1 Å². The van der Waals surface area contributed by atoms with E-state index < -0.39 is 177 Å². The van der Waals surface area contributed by atoms with Crippen LogP contribution in [0.25, 0.3) is 22.1 Å². The second-order valence-corrected chi connectivity index (χ2v) is 23.1. The smallest absolute Gasteiger partial charge is 0.409 e. The van der Waals surface area contributed by atoms with Crippen LogP contribution in [0.3, 0.4) is 0 Å². The lowest BCUT2D eigenvalue weighted by molar-refractivity contribution is -0.138. The number of nitrogens with zero attached hydrogens (tertiary/aromatic N) is 10. The average molecular weight is 1710 g/mol. The van der Waals surface area contributed by atoms with Crippen LogP contribution in [0.5, 0.6) is 0 Å². The molecule has 12 N–H and O–H groups in total. The normalized spacial score (nSPS) is 19.7. The van der Waals surface area contributed by atoms with E-state index in [2.05, 4.69) is 40.5 Å². The minimum absolute atomic E-state index is 0.0448. The monoisotopic (exact) mass is 1700 g/mol. The molecule has 31 heteroatoms. The minimum Gasteiger partial charge on any atom is -0.481 e. The molecule has 0 radical (unpaired) electrons. The summed E-state index contributed by atoms with van der Waals surface area (Å²) in [4.78, 5) is 114. The molecule has 2 fully saturated rings. The van der Waals surface area contributed by atoms with Crippen LogP contribution in [-0.2, 0) is 70.7 Å². The van der Waals surface area contributed by atoms with Gasteiger partial charge in [-0.15, -0.1) is 0 Å². The first kappa shape index (κ1) is 51.8. The van der Waals surface area contributed by atoms with Gasteiger partial charge in [-0.2, -0.15) is 0 Å². The predicted octanol–water partition coefficient (Wildman–Crippen LogP) is 15.0. The first-order chi connectivity index (χ1) is 74.5. The number of benzene rings is 7. The maximum atomic E-state index is 12.7. The van der Waals surface area contributed by atoms with E-state index in [1.54, 1.807) is 183 Å². The van der Waals surface area contributed by atoms with Crippen LogP contribution in [0.1, 0.15) is 182 Å². The van der Waals surface area contributed by atoms with Crippen LogP contribution in [0, 0.1) is 0 Å². The summed E-state index contributed by atoms with van der Waals surface area (Å²) in [7, 11) is 3.03. The van der Waals surface area contributed by atoms with Crippen molar-refractivity contribution in [1.29, 1.82) is 0 Å². The number of aryl methyl sites for hydroxylation is 2. The number of nitrogens with two attached hydrogens (primary N) is 3. The molecule has 4 aromatic heterocycles. The maximum absolute atomic E-state index is 12.7. The van der Waals surface area contributed by atoms with E-state index in [1.165, 1.54) is 66.8 Å². The van der Waals surface area contributed by atoms with E-state index in [4.69, 9.17) is 104 Å². The zero-order valence-electron chi connectivity index (χ0n) is 108. The SMILES string of the molecule is C1CCOC1.Nc1ccccc1N.O=C(n1ccnc1)n1ccnc1.[2H]C([2H])(C(=O)Nc1ccccc1N)C([2H])([2H])C([2H])([2H])N(C)C(=O)OCc1ccccc1.[2H]C([2H])(C(=O)O)C([2H])([2H])C([2H])([2H])N(C)C(=O)OCc1ccccc1.[2H]C([2H])(CC)C([2H])([2H])C([2H])([2H])C(=O)O.[2H]C([2H])(NC)C([2H])([2H])C([2H])([2H])c1nc2ccccc2[nH]1.[2H]C([2H])([2H])N(C(=O)OCc1ccccc1)C([2H])([2H])C([2H])([2H])C([2H])([2H])c1nc2ccccc2[nH]1.[2H]C([2H])([2H])N1C(=O)C([2H])([2H])C([2H])([2H])C1([2H])[2H]. The van der Waals surface area contributed by atoms with Gasteiger partial charge in [0.2, 0.25) is 11.8 Å². The number of nitrogens with one attached hydrogen (secondary N) is 4. The summed E-state index contributed by atoms with van der Waals surface area (Å²) in [6.07, 6.45) is -34.1. The Labute approximate surface area is 767 Å². The van der Waals surface area contributed by atoms with Crippen LogP contribution >= 0.6 is 0 Å². The molecule has 0 bridgehead atoms. The third-order valence-electron chi connectivity index (χ3n) is 14.1. The average Bonchev–Trinajstić information content (AvgIpc) is 1.57. The molecule has 13 rings (SSSR count). The van der Waals surface area contributed by atoms with Crippen molar-refractivity contribution in [2.24, 2.45) is 0 Å². The van der Waals surface area contributed by atoms with E-state index in [1.807, 2.05) is 12.1 Å². The second-order valence-electron chi connectivity index (χ2n) is 23.1. The van der Waals surface area contributed by atoms with Crippen molar-refractivity contribution in [2.75, 3.05) is 103 Å². The Morgan fingerprint density at radius 3 is 1.37 bits per heavy atom. The van der Waals surface area contributed by atoms with E-state index >= 15 is 0 Å². The number of imidazole rings is 4. The molecule has 121 heavy (non-hydrogen) atoms. The number of carbonyl (C=O) groups excluding carboxylic acids is 6. The molecule has 31 nitrogen and oxygen atoms in total. The fraction of sp³-hybridized carbons (Fsp3) is 0.356. The number of carboxylic acids is 2. The summed E-state index contributed by atoms with van der Waals surface area (Å²) in [6, 6.07) is 51.5. The van der Waals surface area contributed by atoms with Gasteiger partial charge >= 0.3 is 36.2 Å². The zero-order valence-corrected chi connectivity index (χ0v) is 65.5. The Morgan fingerprint density at radius 2 is 0.983 bits per heavy atom. The maximum Gasteiger partial charge on any atom is 0.409 e. The van der Waals surface area contributed by atoms with Crippen molar-refractivity contribution in [1.82, 2.24) is 64.0 Å². The number of aliphatic carboxylic acids is 2. The molecule has 2 aliphatic rings. The molecule has 2 aliphatic heterocycles. The zero-order chi connectivity index (χ0) is 125. The van der Waals surface area contributed by atoms with Crippen LogP contribution in [0.15, 0.2) is 225 Å². The van der Waals surface area contributed by atoms with Crippen LogP contribution in [0.2, 0.25) is 0 Å². The third kappa shape index (κ3) is 42.0. The van der Waals surface area contributed by atoms with E-state index in [0.717, 1.165) is 27.3 Å². The summed E-state index contributed by atoms with van der Waals surface area (Å²) < 4.78 is 343. The number of carboxylic acid groups (broad SMARTS) is 2. The number of hydrogen-bond acceptors (Lipinski definition) is 20. The molecule has 0 aliphatic carbocycles. The number of rotatable bonds is 27. The van der Waals surface area contributed by atoms with Crippen LogP contribution in [0.4, 0.5) is 41.9 Å². The Balaban J connectivity index is 0.000000333. The lowest BCUT2D eigenvalue weighted by Gasteiger charge is -2.17. The summed E-state index contributed by atoms with van der Waals surface area (Å²) in [5.74, 6) is -8.13. The summed E-state index contributed by atoms with van der Waals surface area (Å²) >= 11 is 0. The molecular weight excluding hydrogens is 1540 g/mol. The van der Waals surface area contributed by atoms with Gasteiger partial charge in [-0.25, -0.2) is 39.1 Å². The number of nitrogen functional groups attached to an aromatic ring is 3. The van der Waals surface area contributed by atoms with Crippen molar-refractivity contribution in [3.8, 4) is 0 Å². The molecule has 0 atom stereocenters. The summed E-state index contributed by atoms with van der Waals surface area (Å²) in [5.41, 5.74) is 21.5. The number of ether oxygens (including phenoxy) is 4. The van der Waals surface area contributed by atoms with Gasteiger partial charge in [0.15, 0.2) is 0 Å². The number of fused-ring (bicyclic) bond motifs is 2. The Kier molecular flexibility index (Phi) is 25.0. The molecule has 11 aromatic rings. The number of anilines is 4. The molecule has 648 valence electrons. The number of aromatic amines is 2. The van der Waals surface area contributed by atoms with Gasteiger partial charge in [-0.05, 0) is 130 Å². The van der Waals surface area contributed by atoms with Gasteiger partial charge < -0.3 is 86.6 Å². The van der Waals surface area contributed by atoms with Crippen molar-refractivity contribution >= 4 is 92.9 Å². The number of aromatic nitrogens is 8. The lowest BCUT2D eigenvalue weighted by Crippen LogP contribution is -2.29. The molecule has 0 spiro atoms. The molecule has 7 aromatic carbocycles. The van der Waals surface area contributed by atoms with Gasteiger partial charge in [0, 0.05) is 188 Å². The highest BCUT2D eigenvalue weighted by molar-refractivity contribution is 5.93. The number of likely N-dealkylation sites (tertiary alicyclic amines) is 1. The molecule has 0 saturated carbocycles. The summed E-state index contributed by atoms with van der Waals surface area (Å²) in [6.45, 7) is -20.1. The lowest BCUT2D eigenvalue weighted by atomic mass is 10.2. The van der Waals surface area contributed by atoms with Gasteiger partial charge in [-0.1, -0.05) is 159 Å². The van der Waals surface area contributed by atoms with Crippen LogP contribution < -0.4 is 27.8 Å². The quantitative estimate of drug-likeness (QED) is 0.0170. The number of H-pyrrole nitrogens is 2. The van der Waals surface area contributed by atoms with Gasteiger partial charge in [0.25, 0.3) is 0 Å². The number of amides is 5. The van der Waals surface area contributed by atoms with Gasteiger partial charge in [-0.3, -0.25) is 28.3 Å². The van der Waals surface area contributed by atoms with Gasteiger partial charge in [0.05, 0.1) is 44.8 Å². The van der Waals surface area contributed by atoms with Crippen molar-refractivity contribution in [3.05, 3.63) is 254 Å². The molecule has 5 amide bonds. The summed E-state index contributed by atoms with van der Waals surface area (Å²) in [5, 5.41) is 21.6. The molecule has 6 heterocycles. The highest BCUT2D eigenvalue weighted by atomic mass is 16.6. The topological polar surface area (TPSA) is 422 Å². The van der Waals surface area contributed by atoms with Crippen LogP contribution in [-0.4, -0.2) is 198 Å². The van der Waals surface area contributed by atoms with E-state index in [9.17, 15) is 38.4 Å². The number of hydrogen-bond donors (Lipinski definition) is 9. The molecular formula is C90H119N17O14.